The molecule has 2 aromatic heterocycles. The first-order chi connectivity index (χ1) is 14.6. The number of ether oxygens (including phenoxy) is 1. The number of aryl methyl sites for hydroxylation is 1. The van der Waals surface area contributed by atoms with Crippen molar-refractivity contribution in [3.8, 4) is 17.0 Å². The zero-order chi connectivity index (χ0) is 21.1. The smallest absolute Gasteiger partial charge is 0.128 e. The molecule has 0 amide bonds. The minimum absolute atomic E-state index is 0.0293. The first-order valence-electron chi connectivity index (χ1n) is 9.56. The van der Waals surface area contributed by atoms with Gasteiger partial charge in [-0.25, -0.2) is 9.37 Å². The number of benzene rings is 2. The number of hydrogen-bond acceptors (Lipinski definition) is 6. The summed E-state index contributed by atoms with van der Waals surface area (Å²) in [6, 6.07) is 10.3. The van der Waals surface area contributed by atoms with Crippen molar-refractivity contribution in [1.82, 2.24) is 19.7 Å². The van der Waals surface area contributed by atoms with E-state index in [9.17, 15) is 9.50 Å². The summed E-state index contributed by atoms with van der Waals surface area (Å²) in [6.07, 6.45) is 5.87. The van der Waals surface area contributed by atoms with Crippen LogP contribution in [0.25, 0.3) is 22.3 Å². The summed E-state index contributed by atoms with van der Waals surface area (Å²) in [5.41, 5.74) is 4.53. The Labute approximate surface area is 173 Å². The van der Waals surface area contributed by atoms with E-state index in [0.717, 1.165) is 22.5 Å². The van der Waals surface area contributed by atoms with Crippen molar-refractivity contribution < 1.29 is 14.2 Å². The van der Waals surface area contributed by atoms with Gasteiger partial charge in [0.2, 0.25) is 0 Å². The average Bonchev–Trinajstić information content (AvgIpc) is 3.19. The molecule has 4 rings (SSSR count). The molecule has 0 atom stereocenters. The van der Waals surface area contributed by atoms with Gasteiger partial charge in [0.1, 0.15) is 11.6 Å². The van der Waals surface area contributed by atoms with E-state index >= 15 is 0 Å². The van der Waals surface area contributed by atoms with E-state index in [4.69, 9.17) is 9.72 Å². The monoisotopic (exact) mass is 407 g/mol. The number of aromatic nitrogens is 4. The fourth-order valence-electron chi connectivity index (χ4n) is 3.32. The standard InChI is InChI=1S/C22H22FN5O2/c1-27-14-15(12-25-27)22-13-24-20-5-4-17(11-21(20)26-22)28(6-3-7-29)18-8-16(23)9-19(10-18)30-2/h4-5,8-14,29H,3,6-7H2,1-2H3. The molecule has 0 aliphatic carbocycles. The third kappa shape index (κ3) is 4.08. The van der Waals surface area contributed by atoms with E-state index in [1.165, 1.54) is 19.2 Å². The second-order valence-corrected chi connectivity index (χ2v) is 6.91. The van der Waals surface area contributed by atoms with Gasteiger partial charge in [0.25, 0.3) is 0 Å². The van der Waals surface area contributed by atoms with Crippen LogP contribution in [0, 0.1) is 5.82 Å². The van der Waals surface area contributed by atoms with Gasteiger partial charge >= 0.3 is 0 Å². The molecule has 0 saturated carbocycles. The molecule has 1 N–H and O–H groups in total. The minimum Gasteiger partial charge on any atom is -0.497 e. The molecule has 0 saturated heterocycles. The van der Waals surface area contributed by atoms with E-state index in [1.54, 1.807) is 23.1 Å². The van der Waals surface area contributed by atoms with Crippen LogP contribution < -0.4 is 9.64 Å². The van der Waals surface area contributed by atoms with Crippen LogP contribution in [0.3, 0.4) is 0 Å². The van der Waals surface area contributed by atoms with Crippen LogP contribution in [0.1, 0.15) is 6.42 Å². The summed E-state index contributed by atoms with van der Waals surface area (Å²) in [4.78, 5) is 11.2. The fourth-order valence-corrected chi connectivity index (χ4v) is 3.32. The Hall–Kier alpha value is -3.52. The molecular formula is C22H22FN5O2. The van der Waals surface area contributed by atoms with E-state index in [0.29, 0.717) is 29.9 Å². The number of hydrogen-bond donors (Lipinski definition) is 1. The first-order valence-corrected chi connectivity index (χ1v) is 9.56. The van der Waals surface area contributed by atoms with Crippen LogP contribution in [0.15, 0.2) is 55.0 Å². The maximum absolute atomic E-state index is 14.1. The van der Waals surface area contributed by atoms with Gasteiger partial charge in [-0.05, 0) is 30.7 Å². The Bertz CT molecular complexity index is 1180. The predicted molar refractivity (Wildman–Crippen MR) is 113 cm³/mol. The van der Waals surface area contributed by atoms with E-state index < -0.39 is 5.82 Å². The van der Waals surface area contributed by atoms with Gasteiger partial charge in [-0.3, -0.25) is 9.67 Å². The van der Waals surface area contributed by atoms with Gasteiger partial charge in [0.15, 0.2) is 0 Å². The van der Waals surface area contributed by atoms with E-state index in [2.05, 4.69) is 10.1 Å². The number of halogens is 1. The van der Waals surface area contributed by atoms with Gasteiger partial charge in [0, 0.05) is 55.5 Å². The third-order valence-electron chi connectivity index (χ3n) is 4.78. The van der Waals surface area contributed by atoms with Gasteiger partial charge in [0.05, 0.1) is 36.2 Å². The molecule has 8 heteroatoms. The Morgan fingerprint density at radius 2 is 1.97 bits per heavy atom. The predicted octanol–water partition coefficient (Wildman–Crippen LogP) is 3.70. The molecular weight excluding hydrogens is 385 g/mol. The minimum atomic E-state index is -0.391. The summed E-state index contributed by atoms with van der Waals surface area (Å²) in [5.74, 6) is 0.0382. The lowest BCUT2D eigenvalue weighted by Crippen LogP contribution is -2.19. The molecule has 0 spiro atoms. The second kappa shape index (κ2) is 8.46. The van der Waals surface area contributed by atoms with Crippen molar-refractivity contribution in [2.75, 3.05) is 25.2 Å². The number of rotatable bonds is 7. The van der Waals surface area contributed by atoms with Crippen molar-refractivity contribution in [2.24, 2.45) is 7.05 Å². The molecule has 0 bridgehead atoms. The Balaban J connectivity index is 1.78. The number of nitrogens with zero attached hydrogens (tertiary/aromatic N) is 5. The largest absolute Gasteiger partial charge is 0.497 e. The second-order valence-electron chi connectivity index (χ2n) is 6.91. The van der Waals surface area contributed by atoms with Crippen LogP contribution >= 0.6 is 0 Å². The summed E-state index contributed by atoms with van der Waals surface area (Å²) in [7, 11) is 3.35. The van der Waals surface area contributed by atoms with Crippen LogP contribution in [-0.4, -0.2) is 45.1 Å². The number of anilines is 2. The first kappa shape index (κ1) is 19.8. The highest BCUT2D eigenvalue weighted by Gasteiger charge is 2.14. The SMILES string of the molecule is COc1cc(F)cc(N(CCCO)c2ccc3ncc(-c4cnn(C)c4)nc3c2)c1. The number of fused-ring (bicyclic) bond motifs is 1. The summed E-state index contributed by atoms with van der Waals surface area (Å²) >= 11 is 0. The molecule has 0 fully saturated rings. The quantitative estimate of drug-likeness (QED) is 0.503. The molecule has 2 aromatic carbocycles. The fraction of sp³-hybridized carbons (Fsp3) is 0.227. The van der Waals surface area contributed by atoms with Crippen LogP contribution in [0.5, 0.6) is 5.75 Å². The lowest BCUT2D eigenvalue weighted by Gasteiger charge is -2.25. The van der Waals surface area contributed by atoms with Gasteiger partial charge in [-0.15, -0.1) is 0 Å². The van der Waals surface area contributed by atoms with Crippen molar-refractivity contribution >= 4 is 22.4 Å². The Morgan fingerprint density at radius 1 is 1.10 bits per heavy atom. The maximum Gasteiger partial charge on any atom is 0.128 e. The number of aliphatic hydroxyl groups is 1. The van der Waals surface area contributed by atoms with Crippen molar-refractivity contribution in [1.29, 1.82) is 0 Å². The van der Waals surface area contributed by atoms with Crippen molar-refractivity contribution in [3.63, 3.8) is 0 Å². The van der Waals surface area contributed by atoms with E-state index in [-0.39, 0.29) is 6.61 Å². The molecule has 0 aliphatic heterocycles. The summed E-state index contributed by atoms with van der Waals surface area (Å²) < 4.78 is 21.1. The van der Waals surface area contributed by atoms with Crippen LogP contribution in [0.4, 0.5) is 15.8 Å². The van der Waals surface area contributed by atoms with Gasteiger partial charge in [-0.1, -0.05) is 0 Å². The number of aliphatic hydroxyl groups excluding tert-OH is 1. The highest BCUT2D eigenvalue weighted by molar-refractivity contribution is 5.82. The molecule has 0 unspecified atom stereocenters. The van der Waals surface area contributed by atoms with Crippen LogP contribution in [0.2, 0.25) is 0 Å². The summed E-state index contributed by atoms with van der Waals surface area (Å²) in [5, 5.41) is 13.5. The number of methoxy groups -OCH3 is 1. The maximum atomic E-state index is 14.1. The normalized spacial score (nSPS) is 11.1. The molecule has 0 aliphatic rings. The molecule has 154 valence electrons. The van der Waals surface area contributed by atoms with E-state index in [1.807, 2.05) is 36.3 Å². The molecule has 2 heterocycles. The summed E-state index contributed by atoms with van der Waals surface area (Å²) in [6.45, 7) is 0.534. The molecule has 7 nitrogen and oxygen atoms in total. The Kier molecular flexibility index (Phi) is 5.58. The lowest BCUT2D eigenvalue weighted by molar-refractivity contribution is 0.291. The zero-order valence-corrected chi connectivity index (χ0v) is 16.8. The molecule has 30 heavy (non-hydrogen) atoms. The van der Waals surface area contributed by atoms with Crippen molar-refractivity contribution in [2.45, 2.75) is 6.42 Å². The molecule has 4 aromatic rings. The van der Waals surface area contributed by atoms with Crippen LogP contribution in [-0.2, 0) is 7.05 Å². The third-order valence-corrected chi connectivity index (χ3v) is 4.78. The highest BCUT2D eigenvalue weighted by Crippen LogP contribution is 2.31. The molecule has 0 radical (unpaired) electrons. The zero-order valence-electron chi connectivity index (χ0n) is 16.8. The van der Waals surface area contributed by atoms with Gasteiger partial charge in [-0.2, -0.15) is 5.10 Å². The highest BCUT2D eigenvalue weighted by atomic mass is 19.1. The van der Waals surface area contributed by atoms with Gasteiger partial charge < -0.3 is 14.7 Å². The lowest BCUT2D eigenvalue weighted by atomic mass is 10.2. The van der Waals surface area contributed by atoms with Crippen molar-refractivity contribution in [3.05, 3.63) is 60.8 Å². The average molecular weight is 407 g/mol. The Morgan fingerprint density at radius 3 is 2.70 bits per heavy atom. The topological polar surface area (TPSA) is 76.3 Å².